The zero-order chi connectivity index (χ0) is 17.7. The molecule has 1 aromatic heterocycles. The lowest BCUT2D eigenvalue weighted by molar-refractivity contribution is -0.142. The van der Waals surface area contributed by atoms with Gasteiger partial charge in [-0.3, -0.25) is 9.59 Å². The normalized spacial score (nSPS) is 21.7. The number of rotatable bonds is 8. The van der Waals surface area contributed by atoms with Crippen molar-refractivity contribution in [3.63, 3.8) is 0 Å². The predicted octanol–water partition coefficient (Wildman–Crippen LogP) is -1.31. The van der Waals surface area contributed by atoms with Crippen LogP contribution in [0.1, 0.15) is 18.5 Å². The van der Waals surface area contributed by atoms with Crippen LogP contribution in [0.3, 0.4) is 0 Å². The molecule has 10 heteroatoms. The van der Waals surface area contributed by atoms with E-state index in [9.17, 15) is 14.7 Å². The van der Waals surface area contributed by atoms with Crippen LogP contribution in [-0.4, -0.2) is 68.1 Å². The Labute approximate surface area is 140 Å². The highest BCUT2D eigenvalue weighted by Crippen LogP contribution is 2.29. The van der Waals surface area contributed by atoms with Gasteiger partial charge in [-0.15, -0.1) is 0 Å². The molecule has 1 aliphatic heterocycles. The first kappa shape index (κ1) is 18.4. The van der Waals surface area contributed by atoms with Crippen molar-refractivity contribution in [3.05, 3.63) is 18.2 Å². The number of nitrogens with zero attached hydrogens (tertiary/aromatic N) is 2. The first-order valence-electron chi connectivity index (χ1n) is 7.99. The fraction of sp³-hybridized carbons (Fsp3) is 0.643. The number of aromatic amines is 1. The zero-order valence-corrected chi connectivity index (χ0v) is 13.3. The summed E-state index contributed by atoms with van der Waals surface area (Å²) in [5.74, 6) is -2.07. The molecule has 2 heterocycles. The first-order chi connectivity index (χ1) is 11.4. The minimum Gasteiger partial charge on any atom is -0.481 e. The van der Waals surface area contributed by atoms with Crippen LogP contribution in [0.5, 0.6) is 0 Å². The van der Waals surface area contributed by atoms with Gasteiger partial charge in [0.05, 0.1) is 18.3 Å². The van der Waals surface area contributed by atoms with E-state index in [0.29, 0.717) is 25.8 Å². The van der Waals surface area contributed by atoms with Crippen molar-refractivity contribution in [3.8, 4) is 0 Å². The maximum atomic E-state index is 12.5. The van der Waals surface area contributed by atoms with E-state index in [1.807, 2.05) is 0 Å². The van der Waals surface area contributed by atoms with Crippen LogP contribution in [0, 0.1) is 11.8 Å². The highest BCUT2D eigenvalue weighted by molar-refractivity contribution is 6.40. The van der Waals surface area contributed by atoms with Gasteiger partial charge in [0.25, 0.3) is 0 Å². The molecule has 2 rings (SSSR count). The van der Waals surface area contributed by atoms with Crippen molar-refractivity contribution in [2.24, 2.45) is 17.6 Å². The molecule has 1 aliphatic rings. The monoisotopic (exact) mass is 338 g/mol. The molecule has 6 N–H and O–H groups in total. The van der Waals surface area contributed by atoms with Gasteiger partial charge in [-0.2, -0.15) is 0 Å². The van der Waals surface area contributed by atoms with Gasteiger partial charge in [-0.1, -0.05) is 6.42 Å². The molecule has 1 saturated heterocycles. The van der Waals surface area contributed by atoms with E-state index in [2.05, 4.69) is 9.97 Å². The third kappa shape index (κ3) is 4.79. The topological polar surface area (TPSA) is 153 Å². The van der Waals surface area contributed by atoms with E-state index in [1.165, 1.54) is 11.2 Å². The number of H-pyrrole nitrogens is 1. The summed E-state index contributed by atoms with van der Waals surface area (Å²) in [5, 5.41) is 27.1. The summed E-state index contributed by atoms with van der Waals surface area (Å²) in [6.07, 6.45) is 4.63. The number of aliphatic carboxylic acids is 1. The van der Waals surface area contributed by atoms with Gasteiger partial charge >= 0.3 is 13.1 Å². The predicted molar refractivity (Wildman–Crippen MR) is 85.7 cm³/mol. The van der Waals surface area contributed by atoms with Crippen molar-refractivity contribution in [1.82, 2.24) is 14.9 Å². The average molecular weight is 338 g/mol. The fourth-order valence-electron chi connectivity index (χ4n) is 3.14. The Kier molecular flexibility index (Phi) is 6.35. The summed E-state index contributed by atoms with van der Waals surface area (Å²) >= 11 is 0. The minimum atomic E-state index is -1.39. The molecule has 0 bridgehead atoms. The number of aromatic nitrogens is 2. The number of nitrogens with two attached hydrogens (primary N) is 1. The van der Waals surface area contributed by atoms with E-state index in [4.69, 9.17) is 15.8 Å². The van der Waals surface area contributed by atoms with Crippen molar-refractivity contribution >= 4 is 19.0 Å². The highest BCUT2D eigenvalue weighted by atomic mass is 16.4. The lowest BCUT2D eigenvalue weighted by atomic mass is 9.80. The molecular formula is C14H23BN4O5. The van der Waals surface area contributed by atoms with Gasteiger partial charge in [0, 0.05) is 31.4 Å². The maximum Gasteiger partial charge on any atom is 0.451 e. The molecule has 0 spiro atoms. The number of likely N-dealkylation sites (tertiary alicyclic amines) is 1. The largest absolute Gasteiger partial charge is 0.481 e. The Hall–Kier alpha value is -1.91. The standard InChI is InChI=1S/C14H23BN4O5/c16-12(4-10-5-17-8-18-10)13(20)19-6-9(2-1-3-15(23)24)11(7-19)14(21)22/h5,8-9,11-12,23-24H,1-4,6-7,16H2,(H,17,18)(H,21,22)/t9?,11?,12-/m0/s1. The van der Waals surface area contributed by atoms with Gasteiger partial charge in [0.1, 0.15) is 0 Å². The molecule has 0 radical (unpaired) electrons. The molecule has 1 fully saturated rings. The zero-order valence-electron chi connectivity index (χ0n) is 13.3. The molecular weight excluding hydrogens is 315 g/mol. The van der Waals surface area contributed by atoms with Gasteiger partial charge in [0.2, 0.25) is 5.91 Å². The van der Waals surface area contributed by atoms with Crippen LogP contribution < -0.4 is 5.73 Å². The van der Waals surface area contributed by atoms with Crippen molar-refractivity contribution in [2.75, 3.05) is 13.1 Å². The molecule has 0 saturated carbocycles. The highest BCUT2D eigenvalue weighted by Gasteiger charge is 2.40. The lowest BCUT2D eigenvalue weighted by Crippen LogP contribution is -2.44. The Morgan fingerprint density at radius 2 is 2.21 bits per heavy atom. The van der Waals surface area contributed by atoms with Crippen LogP contribution in [0.2, 0.25) is 6.32 Å². The van der Waals surface area contributed by atoms with Gasteiger partial charge in [0.15, 0.2) is 0 Å². The van der Waals surface area contributed by atoms with E-state index in [-0.39, 0.29) is 24.7 Å². The smallest absolute Gasteiger partial charge is 0.451 e. The Morgan fingerprint density at radius 3 is 2.79 bits per heavy atom. The summed E-state index contributed by atoms with van der Waals surface area (Å²) in [6, 6.07) is -0.752. The summed E-state index contributed by atoms with van der Waals surface area (Å²) in [6.45, 7) is 0.463. The van der Waals surface area contributed by atoms with Crippen LogP contribution >= 0.6 is 0 Å². The lowest BCUT2D eigenvalue weighted by Gasteiger charge is -2.20. The van der Waals surface area contributed by atoms with Crippen LogP contribution in [-0.2, 0) is 16.0 Å². The number of imidazole rings is 1. The first-order valence-corrected chi connectivity index (χ1v) is 7.99. The number of amides is 1. The second-order valence-corrected chi connectivity index (χ2v) is 6.25. The van der Waals surface area contributed by atoms with Gasteiger partial charge < -0.3 is 30.8 Å². The molecule has 1 aromatic rings. The molecule has 3 atom stereocenters. The third-order valence-electron chi connectivity index (χ3n) is 4.42. The maximum absolute atomic E-state index is 12.5. The molecule has 2 unspecified atom stereocenters. The Bertz CT molecular complexity index is 553. The van der Waals surface area contributed by atoms with Crippen molar-refractivity contribution in [1.29, 1.82) is 0 Å². The molecule has 1 amide bonds. The van der Waals surface area contributed by atoms with Gasteiger partial charge in [-0.05, 0) is 18.7 Å². The molecule has 24 heavy (non-hydrogen) atoms. The van der Waals surface area contributed by atoms with Crippen molar-refractivity contribution in [2.45, 2.75) is 31.6 Å². The van der Waals surface area contributed by atoms with E-state index < -0.39 is 25.0 Å². The fourth-order valence-corrected chi connectivity index (χ4v) is 3.14. The number of carbonyl (C=O) groups excluding carboxylic acids is 1. The summed E-state index contributed by atoms with van der Waals surface area (Å²) < 4.78 is 0. The quantitative estimate of drug-likeness (QED) is 0.369. The molecule has 9 nitrogen and oxygen atoms in total. The van der Waals surface area contributed by atoms with Crippen LogP contribution in [0.4, 0.5) is 0 Å². The third-order valence-corrected chi connectivity index (χ3v) is 4.42. The summed E-state index contributed by atoms with van der Waals surface area (Å²) in [4.78, 5) is 32.1. The Morgan fingerprint density at radius 1 is 1.46 bits per heavy atom. The number of carbonyl (C=O) groups is 2. The average Bonchev–Trinajstić information content (AvgIpc) is 3.15. The Balaban J connectivity index is 1.92. The SMILES string of the molecule is N[C@@H](Cc1cnc[nH]1)C(=O)N1CC(CCCB(O)O)C(C(=O)O)C1. The second kappa shape index (κ2) is 8.27. The number of hydrogen-bond donors (Lipinski definition) is 5. The summed E-state index contributed by atoms with van der Waals surface area (Å²) in [5.41, 5.74) is 6.69. The van der Waals surface area contributed by atoms with Crippen LogP contribution in [0.15, 0.2) is 12.5 Å². The van der Waals surface area contributed by atoms with E-state index in [0.717, 1.165) is 5.69 Å². The number of carboxylic acid groups (broad SMARTS) is 1. The second-order valence-electron chi connectivity index (χ2n) is 6.25. The number of nitrogens with one attached hydrogen (secondary N) is 1. The van der Waals surface area contributed by atoms with Gasteiger partial charge in [-0.25, -0.2) is 4.98 Å². The minimum absolute atomic E-state index is 0.136. The summed E-state index contributed by atoms with van der Waals surface area (Å²) in [7, 11) is -1.39. The molecule has 0 aliphatic carbocycles. The van der Waals surface area contributed by atoms with E-state index >= 15 is 0 Å². The number of carboxylic acids is 1. The molecule has 0 aromatic carbocycles. The van der Waals surface area contributed by atoms with Crippen LogP contribution in [0.25, 0.3) is 0 Å². The molecule has 132 valence electrons. The van der Waals surface area contributed by atoms with Crippen molar-refractivity contribution < 1.29 is 24.7 Å². The number of hydrogen-bond acceptors (Lipinski definition) is 6. The van der Waals surface area contributed by atoms with E-state index in [1.54, 1.807) is 6.20 Å².